The molecule has 0 unspecified atom stereocenters. The zero-order chi connectivity index (χ0) is 43.4. The van der Waals surface area contributed by atoms with E-state index in [-0.39, 0.29) is 10.8 Å². The van der Waals surface area contributed by atoms with Crippen LogP contribution in [0.25, 0.3) is 54.9 Å². The van der Waals surface area contributed by atoms with Crippen LogP contribution in [-0.2, 0) is 16.2 Å². The average Bonchev–Trinajstić information content (AvgIpc) is 3.85. The Bertz CT molecular complexity index is 3530. The Hall–Kier alpha value is -7.68. The molecule has 0 fully saturated rings. The lowest BCUT2D eigenvalue weighted by Gasteiger charge is -2.40. The molecule has 0 atom stereocenters. The van der Waals surface area contributed by atoms with Crippen LogP contribution in [-0.4, -0.2) is 0 Å². The third-order valence-corrected chi connectivity index (χ3v) is 15.7. The van der Waals surface area contributed by atoms with Crippen LogP contribution >= 0.6 is 0 Å². The van der Waals surface area contributed by atoms with E-state index in [2.05, 4.69) is 233 Å². The van der Waals surface area contributed by atoms with Crippen LogP contribution in [0.15, 0.2) is 200 Å². The first kappa shape index (κ1) is 36.8. The molecule has 0 saturated carbocycles. The molecule has 4 aliphatic rings. The lowest BCUT2D eigenvalue weighted by atomic mass is 9.65. The van der Waals surface area contributed by atoms with Gasteiger partial charge in [0.2, 0.25) is 0 Å². The normalized spacial score (nSPS) is 15.6. The van der Waals surface area contributed by atoms with Crippen molar-refractivity contribution in [2.45, 2.75) is 43.9 Å². The maximum absolute atomic E-state index is 7.30. The monoisotopic (exact) mass is 831 g/mol. The van der Waals surface area contributed by atoms with E-state index in [0.717, 1.165) is 39.3 Å². The Kier molecular flexibility index (Phi) is 7.21. The Morgan fingerprint density at radius 2 is 0.692 bits per heavy atom. The van der Waals surface area contributed by atoms with Crippen molar-refractivity contribution in [1.82, 2.24) is 0 Å². The molecular formula is C63H45NO. The van der Waals surface area contributed by atoms with Crippen LogP contribution in [0.2, 0.25) is 0 Å². The topological polar surface area (TPSA) is 12.5 Å². The van der Waals surface area contributed by atoms with Crippen LogP contribution in [0.4, 0.5) is 17.1 Å². The van der Waals surface area contributed by atoms with Crippen LogP contribution in [0.5, 0.6) is 11.5 Å². The van der Waals surface area contributed by atoms with Crippen LogP contribution in [0, 0.1) is 0 Å². The first-order chi connectivity index (χ1) is 31.7. The molecule has 1 spiro atoms. The number of benzene rings is 10. The highest BCUT2D eigenvalue weighted by molar-refractivity contribution is 6.01. The van der Waals surface area contributed by atoms with Crippen molar-refractivity contribution in [1.29, 1.82) is 0 Å². The quantitative estimate of drug-likeness (QED) is 0.176. The van der Waals surface area contributed by atoms with Gasteiger partial charge >= 0.3 is 0 Å². The summed E-state index contributed by atoms with van der Waals surface area (Å²) in [4.78, 5) is 2.52. The van der Waals surface area contributed by atoms with Crippen molar-refractivity contribution in [2.24, 2.45) is 0 Å². The molecule has 65 heavy (non-hydrogen) atoms. The average molecular weight is 832 g/mol. The predicted octanol–water partition coefficient (Wildman–Crippen LogP) is 16.5. The standard InChI is InChI=1S/C63H45NO/c1-61(2)51-22-12-9-20-46(51)49-35-40(28-33-53(49)61)64(41-29-34-54-50(36-41)47-21-10-13-23-52(47)62(54,3)4)42-27-30-48-45-19-11-14-24-55(45)63(58(48)37-42)56-31-25-38-15-5-7-17-43(38)59(56)65-60-44-18-8-6-16-39(44)26-32-57(60)63/h5-37H,1-4H3. The molecule has 3 aliphatic carbocycles. The smallest absolute Gasteiger partial charge is 0.140 e. The second kappa shape index (κ2) is 12.7. The van der Waals surface area contributed by atoms with Crippen LogP contribution in [0.1, 0.15) is 72.2 Å². The highest BCUT2D eigenvalue weighted by atomic mass is 16.5. The minimum Gasteiger partial charge on any atom is -0.455 e. The van der Waals surface area contributed by atoms with Gasteiger partial charge in [0.1, 0.15) is 11.5 Å². The molecule has 0 aromatic heterocycles. The summed E-state index contributed by atoms with van der Waals surface area (Å²) in [6.45, 7) is 9.45. The molecule has 0 saturated heterocycles. The molecule has 308 valence electrons. The second-order valence-electron chi connectivity index (χ2n) is 19.6. The Balaban J connectivity index is 1.07. The molecule has 10 aromatic carbocycles. The Labute approximate surface area is 380 Å². The summed E-state index contributed by atoms with van der Waals surface area (Å²) in [5.41, 5.74) is 20.6. The van der Waals surface area contributed by atoms with Crippen molar-refractivity contribution in [3.63, 3.8) is 0 Å². The van der Waals surface area contributed by atoms with Gasteiger partial charge in [0.15, 0.2) is 0 Å². The fourth-order valence-corrected chi connectivity index (χ4v) is 12.7. The molecule has 10 aromatic rings. The molecule has 14 rings (SSSR count). The van der Waals surface area contributed by atoms with Gasteiger partial charge in [0.25, 0.3) is 0 Å². The third kappa shape index (κ3) is 4.69. The molecule has 0 amide bonds. The summed E-state index contributed by atoms with van der Waals surface area (Å²) in [6.07, 6.45) is 0. The molecule has 0 radical (unpaired) electrons. The van der Waals surface area contributed by atoms with Crippen molar-refractivity contribution in [3.05, 3.63) is 245 Å². The number of anilines is 3. The zero-order valence-electron chi connectivity index (χ0n) is 36.9. The van der Waals surface area contributed by atoms with Crippen molar-refractivity contribution >= 4 is 38.6 Å². The van der Waals surface area contributed by atoms with Gasteiger partial charge in [-0.25, -0.2) is 0 Å². The number of nitrogens with zero attached hydrogens (tertiary/aromatic N) is 1. The molecule has 1 heterocycles. The van der Waals surface area contributed by atoms with Gasteiger partial charge in [-0.1, -0.05) is 191 Å². The summed E-state index contributed by atoms with van der Waals surface area (Å²) >= 11 is 0. The molecule has 1 aliphatic heterocycles. The van der Waals surface area contributed by atoms with Gasteiger partial charge in [0.05, 0.1) is 5.41 Å². The Morgan fingerprint density at radius 3 is 1.23 bits per heavy atom. The van der Waals surface area contributed by atoms with E-state index in [1.807, 2.05) is 0 Å². The number of hydrogen-bond donors (Lipinski definition) is 0. The first-order valence-corrected chi connectivity index (χ1v) is 23.0. The minimum atomic E-state index is -0.660. The van der Waals surface area contributed by atoms with Gasteiger partial charge in [0, 0.05) is 49.8 Å². The van der Waals surface area contributed by atoms with Crippen LogP contribution in [0.3, 0.4) is 0 Å². The number of ether oxygens (including phenoxy) is 1. The lowest BCUT2D eigenvalue weighted by Crippen LogP contribution is -2.32. The highest BCUT2D eigenvalue weighted by Crippen LogP contribution is 2.65. The fourth-order valence-electron chi connectivity index (χ4n) is 12.7. The van der Waals surface area contributed by atoms with E-state index in [1.165, 1.54) is 88.7 Å². The van der Waals surface area contributed by atoms with E-state index in [4.69, 9.17) is 4.74 Å². The SMILES string of the molecule is CC1(C)c2ccccc2-c2cc(N(c3ccc4c(c3)-c3ccccc3C4(C)C)c3ccc4c(c3)C3(c5ccccc5-4)c4ccc5ccccc5c4Oc4c3ccc3ccccc43)ccc21. The molecule has 0 N–H and O–H groups in total. The molecule has 2 nitrogen and oxygen atoms in total. The minimum absolute atomic E-state index is 0.0952. The summed E-state index contributed by atoms with van der Waals surface area (Å²) < 4.78 is 7.30. The number of rotatable bonds is 3. The van der Waals surface area contributed by atoms with Gasteiger partial charge in [-0.15, -0.1) is 0 Å². The van der Waals surface area contributed by atoms with E-state index in [9.17, 15) is 0 Å². The summed E-state index contributed by atoms with van der Waals surface area (Å²) in [7, 11) is 0. The van der Waals surface area contributed by atoms with E-state index < -0.39 is 5.41 Å². The number of fused-ring (bicyclic) bond motifs is 19. The van der Waals surface area contributed by atoms with E-state index >= 15 is 0 Å². The van der Waals surface area contributed by atoms with Gasteiger partial charge in [-0.3, -0.25) is 0 Å². The maximum atomic E-state index is 7.30. The summed E-state index contributed by atoms with van der Waals surface area (Å²) in [6, 6.07) is 75.2. The largest absolute Gasteiger partial charge is 0.455 e. The molecule has 2 heteroatoms. The second-order valence-corrected chi connectivity index (χ2v) is 19.6. The predicted molar refractivity (Wildman–Crippen MR) is 269 cm³/mol. The van der Waals surface area contributed by atoms with Crippen molar-refractivity contribution in [2.75, 3.05) is 4.90 Å². The zero-order valence-corrected chi connectivity index (χ0v) is 36.9. The number of hydrogen-bond acceptors (Lipinski definition) is 2. The Morgan fingerprint density at radius 1 is 0.308 bits per heavy atom. The third-order valence-electron chi connectivity index (χ3n) is 15.7. The van der Waals surface area contributed by atoms with Crippen LogP contribution < -0.4 is 9.64 Å². The van der Waals surface area contributed by atoms with E-state index in [0.29, 0.717) is 0 Å². The summed E-state index contributed by atoms with van der Waals surface area (Å²) in [5, 5.41) is 4.57. The molecule has 0 bridgehead atoms. The van der Waals surface area contributed by atoms with Gasteiger partial charge in [-0.05, 0) is 114 Å². The van der Waals surface area contributed by atoms with Gasteiger partial charge < -0.3 is 9.64 Å². The maximum Gasteiger partial charge on any atom is 0.140 e. The van der Waals surface area contributed by atoms with Gasteiger partial charge in [-0.2, -0.15) is 0 Å². The molecular weight excluding hydrogens is 787 g/mol. The summed E-state index contributed by atoms with van der Waals surface area (Å²) in [5.74, 6) is 1.85. The fraction of sp³-hybridized carbons (Fsp3) is 0.111. The first-order valence-electron chi connectivity index (χ1n) is 23.0. The van der Waals surface area contributed by atoms with Crippen molar-refractivity contribution < 1.29 is 4.74 Å². The lowest BCUT2D eigenvalue weighted by molar-refractivity contribution is 0.447. The highest BCUT2D eigenvalue weighted by Gasteiger charge is 2.52. The van der Waals surface area contributed by atoms with Crippen molar-refractivity contribution in [3.8, 4) is 44.9 Å². The van der Waals surface area contributed by atoms with E-state index in [1.54, 1.807) is 0 Å².